The van der Waals surface area contributed by atoms with Crippen LogP contribution in [0.1, 0.15) is 6.92 Å². The molecule has 0 unspecified atom stereocenters. The monoisotopic (exact) mass is 163 g/mol. The first kappa shape index (κ1) is 7.47. The van der Waals surface area contributed by atoms with Gasteiger partial charge in [0.15, 0.2) is 0 Å². The number of rotatable bonds is 0. The fraction of sp³-hybridized carbons (Fsp3) is 0.400. The molecule has 0 amide bonds. The van der Waals surface area contributed by atoms with Gasteiger partial charge < -0.3 is 9.64 Å². The summed E-state index contributed by atoms with van der Waals surface area (Å²) in [6.45, 7) is 3.06. The summed E-state index contributed by atoms with van der Waals surface area (Å²) in [5.41, 5.74) is 1.19. The molecule has 1 aliphatic heterocycles. The average Bonchev–Trinajstić information content (AvgIpc) is 2.04. The minimum atomic E-state index is 0.296. The van der Waals surface area contributed by atoms with E-state index >= 15 is 0 Å². The molecule has 1 aliphatic rings. The van der Waals surface area contributed by atoms with Crippen LogP contribution in [0.4, 0.5) is 5.69 Å². The summed E-state index contributed by atoms with van der Waals surface area (Å²) in [6.07, 6.45) is 0.296. The number of benzene rings is 1. The SMILES string of the molecule is C[C@H]1CN(C)c2ccccc2O1. The zero-order valence-corrected chi connectivity index (χ0v) is 7.45. The fourth-order valence-electron chi connectivity index (χ4n) is 1.61. The summed E-state index contributed by atoms with van der Waals surface area (Å²) in [4.78, 5) is 2.23. The molecule has 0 aromatic heterocycles. The predicted octanol–water partition coefficient (Wildman–Crippen LogP) is 1.90. The van der Waals surface area contributed by atoms with Crippen molar-refractivity contribution in [2.24, 2.45) is 0 Å². The molecule has 64 valence electrons. The van der Waals surface area contributed by atoms with Crippen molar-refractivity contribution < 1.29 is 4.74 Å². The Bertz CT molecular complexity index is 285. The molecule has 0 saturated heterocycles. The molecule has 0 aliphatic carbocycles. The van der Waals surface area contributed by atoms with E-state index in [1.165, 1.54) is 5.69 Å². The number of nitrogens with zero attached hydrogens (tertiary/aromatic N) is 1. The first-order chi connectivity index (χ1) is 5.77. The smallest absolute Gasteiger partial charge is 0.143 e. The molecule has 2 nitrogen and oxygen atoms in total. The molecule has 1 atom stereocenters. The first-order valence-electron chi connectivity index (χ1n) is 4.24. The highest BCUT2D eigenvalue weighted by molar-refractivity contribution is 5.59. The van der Waals surface area contributed by atoms with E-state index in [9.17, 15) is 0 Å². The van der Waals surface area contributed by atoms with Gasteiger partial charge in [-0.1, -0.05) is 12.1 Å². The molecule has 1 aromatic carbocycles. The molecule has 0 fully saturated rings. The largest absolute Gasteiger partial charge is 0.487 e. The highest BCUT2D eigenvalue weighted by Crippen LogP contribution is 2.31. The van der Waals surface area contributed by atoms with Gasteiger partial charge in [-0.3, -0.25) is 0 Å². The van der Waals surface area contributed by atoms with Crippen LogP contribution in [0.15, 0.2) is 24.3 Å². The Morgan fingerprint density at radius 1 is 1.42 bits per heavy atom. The third kappa shape index (κ3) is 1.13. The Labute approximate surface area is 72.8 Å². The Morgan fingerprint density at radius 2 is 2.17 bits per heavy atom. The molecule has 0 bridgehead atoms. The lowest BCUT2D eigenvalue weighted by Crippen LogP contribution is -2.35. The second-order valence-corrected chi connectivity index (χ2v) is 3.28. The van der Waals surface area contributed by atoms with E-state index in [4.69, 9.17) is 4.74 Å². The summed E-state index contributed by atoms with van der Waals surface area (Å²) in [6, 6.07) is 8.14. The van der Waals surface area contributed by atoms with Crippen LogP contribution >= 0.6 is 0 Å². The molecular weight excluding hydrogens is 150 g/mol. The quantitative estimate of drug-likeness (QED) is 0.579. The number of fused-ring (bicyclic) bond motifs is 1. The third-order valence-electron chi connectivity index (χ3n) is 2.14. The second-order valence-electron chi connectivity index (χ2n) is 3.28. The van der Waals surface area contributed by atoms with Gasteiger partial charge in [-0.25, -0.2) is 0 Å². The van der Waals surface area contributed by atoms with Crippen LogP contribution in [0.3, 0.4) is 0 Å². The van der Waals surface area contributed by atoms with Crippen molar-refractivity contribution in [3.63, 3.8) is 0 Å². The summed E-state index contributed by atoms with van der Waals surface area (Å²) in [5.74, 6) is 0.999. The predicted molar refractivity (Wildman–Crippen MR) is 49.8 cm³/mol. The lowest BCUT2D eigenvalue weighted by Gasteiger charge is -2.31. The highest BCUT2D eigenvalue weighted by atomic mass is 16.5. The molecular formula is C10H13NO. The molecule has 1 heterocycles. The van der Waals surface area contributed by atoms with Gasteiger partial charge >= 0.3 is 0 Å². The summed E-state index contributed by atoms with van der Waals surface area (Å²) >= 11 is 0. The molecule has 1 aromatic rings. The van der Waals surface area contributed by atoms with Gasteiger partial charge in [-0.15, -0.1) is 0 Å². The van der Waals surface area contributed by atoms with Crippen molar-refractivity contribution in [3.8, 4) is 5.75 Å². The van der Waals surface area contributed by atoms with Crippen molar-refractivity contribution in [1.82, 2.24) is 0 Å². The normalized spacial score (nSPS) is 21.5. The van der Waals surface area contributed by atoms with Crippen molar-refractivity contribution in [2.75, 3.05) is 18.5 Å². The average molecular weight is 163 g/mol. The Morgan fingerprint density at radius 3 is 3.00 bits per heavy atom. The van der Waals surface area contributed by atoms with Crippen LogP contribution in [-0.2, 0) is 0 Å². The number of para-hydroxylation sites is 2. The van der Waals surface area contributed by atoms with Crippen molar-refractivity contribution in [2.45, 2.75) is 13.0 Å². The topological polar surface area (TPSA) is 12.5 Å². The van der Waals surface area contributed by atoms with Crippen molar-refractivity contribution in [1.29, 1.82) is 0 Å². The Balaban J connectivity index is 2.40. The molecule has 2 heteroatoms. The second kappa shape index (κ2) is 2.70. The van der Waals surface area contributed by atoms with Crippen LogP contribution < -0.4 is 9.64 Å². The van der Waals surface area contributed by atoms with E-state index in [0.29, 0.717) is 6.10 Å². The van der Waals surface area contributed by atoms with E-state index in [1.54, 1.807) is 0 Å². The number of ether oxygens (including phenoxy) is 1. The lowest BCUT2D eigenvalue weighted by molar-refractivity contribution is 0.215. The molecule has 0 radical (unpaired) electrons. The molecule has 0 saturated carbocycles. The number of anilines is 1. The lowest BCUT2D eigenvalue weighted by atomic mass is 10.2. The highest BCUT2D eigenvalue weighted by Gasteiger charge is 2.18. The maximum Gasteiger partial charge on any atom is 0.143 e. The number of hydrogen-bond acceptors (Lipinski definition) is 2. The minimum absolute atomic E-state index is 0.296. The summed E-state index contributed by atoms with van der Waals surface area (Å²) in [5, 5.41) is 0. The maximum atomic E-state index is 5.66. The molecule has 0 N–H and O–H groups in total. The van der Waals surface area contributed by atoms with Gasteiger partial charge in [0, 0.05) is 7.05 Å². The van der Waals surface area contributed by atoms with E-state index in [1.807, 2.05) is 18.2 Å². The van der Waals surface area contributed by atoms with Crippen LogP contribution in [-0.4, -0.2) is 19.7 Å². The van der Waals surface area contributed by atoms with Crippen LogP contribution in [0.5, 0.6) is 5.75 Å². The van der Waals surface area contributed by atoms with E-state index in [-0.39, 0.29) is 0 Å². The van der Waals surface area contributed by atoms with Crippen molar-refractivity contribution >= 4 is 5.69 Å². The van der Waals surface area contributed by atoms with Gasteiger partial charge in [0.2, 0.25) is 0 Å². The number of hydrogen-bond donors (Lipinski definition) is 0. The van der Waals surface area contributed by atoms with Crippen LogP contribution in [0, 0.1) is 0 Å². The zero-order valence-electron chi connectivity index (χ0n) is 7.45. The summed E-state index contributed by atoms with van der Waals surface area (Å²) < 4.78 is 5.66. The maximum absolute atomic E-state index is 5.66. The van der Waals surface area contributed by atoms with Crippen molar-refractivity contribution in [3.05, 3.63) is 24.3 Å². The zero-order chi connectivity index (χ0) is 8.55. The van der Waals surface area contributed by atoms with Gasteiger partial charge in [-0.05, 0) is 19.1 Å². The van der Waals surface area contributed by atoms with E-state index in [2.05, 4.69) is 24.9 Å². The Kier molecular flexibility index (Phi) is 1.68. The van der Waals surface area contributed by atoms with Gasteiger partial charge in [0.1, 0.15) is 11.9 Å². The minimum Gasteiger partial charge on any atom is -0.487 e. The van der Waals surface area contributed by atoms with Crippen LogP contribution in [0.25, 0.3) is 0 Å². The van der Waals surface area contributed by atoms with Crippen LogP contribution in [0.2, 0.25) is 0 Å². The molecule has 12 heavy (non-hydrogen) atoms. The fourth-order valence-corrected chi connectivity index (χ4v) is 1.61. The first-order valence-corrected chi connectivity index (χ1v) is 4.24. The molecule has 2 rings (SSSR count). The standard InChI is InChI=1S/C10H13NO/c1-8-7-11(2)9-5-3-4-6-10(9)12-8/h3-6,8H,7H2,1-2H3/t8-/m0/s1. The van der Waals surface area contributed by atoms with E-state index < -0.39 is 0 Å². The molecule has 0 spiro atoms. The summed E-state index contributed by atoms with van der Waals surface area (Å²) in [7, 11) is 2.10. The van der Waals surface area contributed by atoms with Gasteiger partial charge in [-0.2, -0.15) is 0 Å². The van der Waals surface area contributed by atoms with Gasteiger partial charge in [0.05, 0.1) is 12.2 Å². The number of likely N-dealkylation sites (N-methyl/N-ethyl adjacent to an activating group) is 1. The Hall–Kier alpha value is -1.18. The third-order valence-corrected chi connectivity index (χ3v) is 2.14. The van der Waals surface area contributed by atoms with Gasteiger partial charge in [0.25, 0.3) is 0 Å². The van der Waals surface area contributed by atoms with E-state index in [0.717, 1.165) is 12.3 Å².